The van der Waals surface area contributed by atoms with E-state index in [0.717, 1.165) is 0 Å². The third-order valence-electron chi connectivity index (χ3n) is 1.40. The first-order valence-electron chi connectivity index (χ1n) is 2.67. The minimum Gasteiger partial charge on any atom is -0.424 e. The van der Waals surface area contributed by atoms with Gasteiger partial charge in [0.05, 0.1) is 0 Å². The molecular weight excluding hydrogens is 120 g/mol. The summed E-state index contributed by atoms with van der Waals surface area (Å²) < 4.78 is 5.29. The van der Waals surface area contributed by atoms with Gasteiger partial charge in [-0.3, -0.25) is 0 Å². The van der Waals surface area contributed by atoms with E-state index in [1.165, 1.54) is 0 Å². The second kappa shape index (κ2) is 2.64. The fraction of sp³-hybridized carbons (Fsp3) is 1.00. The molecule has 0 atom stereocenters. The van der Waals surface area contributed by atoms with Crippen LogP contribution in [-0.4, -0.2) is 24.0 Å². The van der Waals surface area contributed by atoms with E-state index in [9.17, 15) is 0 Å². The highest BCUT2D eigenvalue weighted by Crippen LogP contribution is 1.97. The van der Waals surface area contributed by atoms with Gasteiger partial charge in [-0.25, -0.2) is 0 Å². The van der Waals surface area contributed by atoms with Crippen molar-refractivity contribution in [2.24, 2.45) is 0 Å². The van der Waals surface area contributed by atoms with Crippen LogP contribution in [-0.2, 0) is 4.43 Å². The standard InChI is InChI=1S/C4H14OSi2/c1-5-7(3,4)6-2/h6H2,1-4H3. The Balaban J connectivity index is 3.36. The van der Waals surface area contributed by atoms with Crippen LogP contribution in [0.15, 0.2) is 0 Å². The largest absolute Gasteiger partial charge is 0.424 e. The van der Waals surface area contributed by atoms with Crippen LogP contribution in [0.2, 0.25) is 19.6 Å². The van der Waals surface area contributed by atoms with Gasteiger partial charge >= 0.3 is 0 Å². The lowest BCUT2D eigenvalue weighted by molar-refractivity contribution is 0.421. The van der Waals surface area contributed by atoms with Crippen molar-refractivity contribution in [3.05, 3.63) is 0 Å². The van der Waals surface area contributed by atoms with Gasteiger partial charge in [0, 0.05) is 16.1 Å². The zero-order valence-electron chi connectivity index (χ0n) is 5.62. The lowest BCUT2D eigenvalue weighted by Crippen LogP contribution is -2.35. The highest BCUT2D eigenvalue weighted by molar-refractivity contribution is 7.19. The molecule has 1 nitrogen and oxygen atoms in total. The normalized spacial score (nSPS) is 13.7. The average Bonchev–Trinajstić information content (AvgIpc) is 1.68. The van der Waals surface area contributed by atoms with Crippen molar-refractivity contribution in [2.75, 3.05) is 7.11 Å². The van der Waals surface area contributed by atoms with Crippen molar-refractivity contribution in [1.82, 2.24) is 0 Å². The van der Waals surface area contributed by atoms with Gasteiger partial charge in [0.2, 0.25) is 0 Å². The molecule has 0 spiro atoms. The molecule has 0 radical (unpaired) electrons. The fourth-order valence-electron chi connectivity index (χ4n) is 0.144. The molecule has 0 aliphatic carbocycles. The van der Waals surface area contributed by atoms with Gasteiger partial charge in [-0.05, 0) is 13.1 Å². The quantitative estimate of drug-likeness (QED) is 0.501. The number of rotatable bonds is 2. The summed E-state index contributed by atoms with van der Waals surface area (Å²) in [7, 11) is 0.982. The molecule has 3 heteroatoms. The van der Waals surface area contributed by atoms with Gasteiger partial charge in [-0.2, -0.15) is 0 Å². The molecule has 0 saturated heterocycles. The van der Waals surface area contributed by atoms with Crippen LogP contribution in [0.4, 0.5) is 0 Å². The second-order valence-corrected chi connectivity index (χ2v) is 14.2. The van der Waals surface area contributed by atoms with Crippen molar-refractivity contribution in [1.29, 1.82) is 0 Å². The maximum absolute atomic E-state index is 5.29. The first-order valence-corrected chi connectivity index (χ1v) is 9.32. The molecule has 0 aromatic rings. The summed E-state index contributed by atoms with van der Waals surface area (Å²) in [5.41, 5.74) is 0. The van der Waals surface area contributed by atoms with E-state index >= 15 is 0 Å². The maximum Gasteiger partial charge on any atom is 0.165 e. The maximum atomic E-state index is 5.29. The topological polar surface area (TPSA) is 9.23 Å². The Kier molecular flexibility index (Phi) is 2.79. The Morgan fingerprint density at radius 3 is 1.86 bits per heavy atom. The molecule has 0 fully saturated rings. The molecule has 0 aromatic carbocycles. The molecule has 0 amide bonds. The van der Waals surface area contributed by atoms with Crippen LogP contribution in [0, 0.1) is 0 Å². The lowest BCUT2D eigenvalue weighted by Gasteiger charge is -2.15. The molecule has 7 heavy (non-hydrogen) atoms. The Bertz CT molecular complexity index is 47.7. The van der Waals surface area contributed by atoms with Gasteiger partial charge in [-0.1, -0.05) is 6.55 Å². The van der Waals surface area contributed by atoms with Crippen molar-refractivity contribution >= 4 is 16.9 Å². The van der Waals surface area contributed by atoms with Crippen molar-refractivity contribution in [3.8, 4) is 0 Å². The molecule has 0 saturated carbocycles. The van der Waals surface area contributed by atoms with Gasteiger partial charge in [0.15, 0.2) is 7.83 Å². The van der Waals surface area contributed by atoms with E-state index in [2.05, 4.69) is 19.6 Å². The van der Waals surface area contributed by atoms with Crippen molar-refractivity contribution < 1.29 is 4.43 Å². The predicted molar refractivity (Wildman–Crippen MR) is 38.9 cm³/mol. The third-order valence-corrected chi connectivity index (χ3v) is 10.2. The smallest absolute Gasteiger partial charge is 0.165 e. The molecule has 0 aliphatic heterocycles. The van der Waals surface area contributed by atoms with Crippen LogP contribution in [0.25, 0.3) is 0 Å². The van der Waals surface area contributed by atoms with Crippen LogP contribution in [0.3, 0.4) is 0 Å². The Labute approximate surface area is 48.8 Å². The molecule has 0 aliphatic rings. The van der Waals surface area contributed by atoms with E-state index in [1.807, 2.05) is 7.11 Å². The van der Waals surface area contributed by atoms with Crippen LogP contribution in [0.5, 0.6) is 0 Å². The van der Waals surface area contributed by atoms with E-state index in [-0.39, 0.29) is 9.04 Å². The summed E-state index contributed by atoms with van der Waals surface area (Å²) in [5.74, 6) is 0. The van der Waals surface area contributed by atoms with Gasteiger partial charge in [0.25, 0.3) is 0 Å². The third kappa shape index (κ3) is 3.02. The lowest BCUT2D eigenvalue weighted by atomic mass is 11.8. The minimum absolute atomic E-state index is 0.159. The molecule has 0 unspecified atom stereocenters. The second-order valence-electron chi connectivity index (χ2n) is 2.32. The summed E-state index contributed by atoms with van der Waals surface area (Å²) >= 11 is 0. The molecule has 0 heterocycles. The van der Waals surface area contributed by atoms with Gasteiger partial charge in [0.1, 0.15) is 0 Å². The Morgan fingerprint density at radius 1 is 1.43 bits per heavy atom. The zero-order chi connectivity index (χ0) is 5.91. The molecule has 44 valence electrons. The fourth-order valence-corrected chi connectivity index (χ4v) is 1.30. The summed E-state index contributed by atoms with van der Waals surface area (Å²) in [4.78, 5) is 0. The first-order chi connectivity index (χ1) is 3.12. The summed E-state index contributed by atoms with van der Waals surface area (Å²) in [6.45, 7) is 6.87. The number of hydrogen-bond donors (Lipinski definition) is 0. The Morgan fingerprint density at radius 2 is 1.86 bits per heavy atom. The van der Waals surface area contributed by atoms with Crippen LogP contribution >= 0.6 is 0 Å². The monoisotopic (exact) mass is 134 g/mol. The summed E-state index contributed by atoms with van der Waals surface area (Å²) in [6, 6.07) is 0. The minimum atomic E-state index is -1.01. The van der Waals surface area contributed by atoms with Crippen LogP contribution < -0.4 is 0 Å². The number of hydrogen-bond acceptors (Lipinski definition) is 1. The zero-order valence-corrected chi connectivity index (χ0v) is 8.03. The predicted octanol–water partition coefficient (Wildman–Crippen LogP) is 0.551. The van der Waals surface area contributed by atoms with Crippen molar-refractivity contribution in [2.45, 2.75) is 19.6 Å². The summed E-state index contributed by atoms with van der Waals surface area (Å²) in [5, 5.41) is 0. The first kappa shape index (κ1) is 7.39. The highest BCUT2D eigenvalue weighted by Gasteiger charge is 2.15. The van der Waals surface area contributed by atoms with E-state index in [0.29, 0.717) is 0 Å². The SMILES string of the molecule is CO[Si](C)(C)[SiH2]C. The van der Waals surface area contributed by atoms with E-state index < -0.39 is 7.83 Å². The summed E-state index contributed by atoms with van der Waals surface area (Å²) in [6.07, 6.45) is 0. The molecule has 0 bridgehead atoms. The van der Waals surface area contributed by atoms with Gasteiger partial charge in [-0.15, -0.1) is 0 Å². The van der Waals surface area contributed by atoms with E-state index in [4.69, 9.17) is 4.43 Å². The molecule has 0 N–H and O–H groups in total. The van der Waals surface area contributed by atoms with E-state index in [1.54, 1.807) is 0 Å². The molecule has 0 rings (SSSR count). The van der Waals surface area contributed by atoms with Crippen molar-refractivity contribution in [3.63, 3.8) is 0 Å². The molecular formula is C4H14OSi2. The van der Waals surface area contributed by atoms with Gasteiger partial charge < -0.3 is 4.43 Å². The highest BCUT2D eigenvalue weighted by atomic mass is 29.2. The molecule has 0 aromatic heterocycles. The van der Waals surface area contributed by atoms with Crippen LogP contribution in [0.1, 0.15) is 0 Å². The average molecular weight is 134 g/mol. The Hall–Kier alpha value is 0.394.